The molecule has 1 aromatic rings. The highest BCUT2D eigenvalue weighted by Gasteiger charge is 2.18. The summed E-state index contributed by atoms with van der Waals surface area (Å²) in [4.78, 5) is 3.93. The number of halogens is 2. The monoisotopic (exact) mass is 348 g/mol. The summed E-state index contributed by atoms with van der Waals surface area (Å²) in [5, 5.41) is 4.07. The molecule has 0 bridgehead atoms. The van der Waals surface area contributed by atoms with Crippen LogP contribution in [0.4, 0.5) is 0 Å². The van der Waals surface area contributed by atoms with Gasteiger partial charge >= 0.3 is 0 Å². The van der Waals surface area contributed by atoms with Gasteiger partial charge in [-0.15, -0.1) is 24.2 Å². The Balaban J connectivity index is 0.00000220. The van der Waals surface area contributed by atoms with Crippen molar-refractivity contribution in [1.29, 1.82) is 0 Å². The number of benzene rings is 1. The van der Waals surface area contributed by atoms with Crippen molar-refractivity contribution in [2.75, 3.05) is 39.0 Å². The van der Waals surface area contributed by atoms with E-state index in [1.54, 1.807) is 0 Å². The molecule has 5 heteroatoms. The van der Waals surface area contributed by atoms with Crippen molar-refractivity contribution in [1.82, 2.24) is 10.2 Å². The molecule has 0 radical (unpaired) electrons. The average molecular weight is 349 g/mol. The fourth-order valence-corrected chi connectivity index (χ4v) is 3.71. The fraction of sp³-hybridized carbons (Fsp3) is 0.625. The Morgan fingerprint density at radius 3 is 2.52 bits per heavy atom. The van der Waals surface area contributed by atoms with Gasteiger partial charge in [0.2, 0.25) is 0 Å². The lowest BCUT2D eigenvalue weighted by molar-refractivity contribution is 0.188. The van der Waals surface area contributed by atoms with Crippen LogP contribution in [0, 0.1) is 5.92 Å². The van der Waals surface area contributed by atoms with E-state index in [2.05, 4.69) is 22.3 Å². The van der Waals surface area contributed by atoms with Crippen LogP contribution in [0.15, 0.2) is 29.2 Å². The predicted molar refractivity (Wildman–Crippen MR) is 97.1 cm³/mol. The Bertz CT molecular complexity index is 378. The van der Waals surface area contributed by atoms with Crippen LogP contribution in [-0.4, -0.2) is 43.9 Å². The number of nitrogens with zero attached hydrogens (tertiary/aromatic N) is 1. The second-order valence-electron chi connectivity index (χ2n) is 5.48. The predicted octanol–water partition coefficient (Wildman–Crippen LogP) is 4.18. The lowest BCUT2D eigenvalue weighted by Gasteiger charge is -2.31. The van der Waals surface area contributed by atoms with Crippen molar-refractivity contribution in [3.63, 3.8) is 0 Å². The van der Waals surface area contributed by atoms with Gasteiger partial charge in [0.1, 0.15) is 0 Å². The number of thioether (sulfide) groups is 1. The Labute approximate surface area is 144 Å². The third-order valence-corrected chi connectivity index (χ3v) is 5.24. The van der Waals surface area contributed by atoms with Gasteiger partial charge in [0.15, 0.2) is 0 Å². The highest BCUT2D eigenvalue weighted by Crippen LogP contribution is 2.23. The zero-order chi connectivity index (χ0) is 14.2. The van der Waals surface area contributed by atoms with Crippen LogP contribution in [-0.2, 0) is 0 Å². The van der Waals surface area contributed by atoms with Crippen LogP contribution in [0.3, 0.4) is 0 Å². The van der Waals surface area contributed by atoms with Crippen molar-refractivity contribution in [3.8, 4) is 0 Å². The maximum atomic E-state index is 5.90. The molecule has 1 aromatic carbocycles. The normalized spacial score (nSPS) is 16.7. The van der Waals surface area contributed by atoms with Gasteiger partial charge in [-0.25, -0.2) is 0 Å². The first-order valence-electron chi connectivity index (χ1n) is 7.53. The molecule has 1 N–H and O–H groups in total. The topological polar surface area (TPSA) is 15.3 Å². The summed E-state index contributed by atoms with van der Waals surface area (Å²) >= 11 is 7.82. The molecule has 1 saturated heterocycles. The second kappa shape index (κ2) is 10.7. The molecular formula is C16H26Cl2N2S. The number of hydrogen-bond acceptors (Lipinski definition) is 3. The minimum Gasteiger partial charge on any atom is -0.320 e. The van der Waals surface area contributed by atoms with Crippen molar-refractivity contribution in [2.24, 2.45) is 5.92 Å². The Morgan fingerprint density at radius 2 is 1.90 bits per heavy atom. The van der Waals surface area contributed by atoms with Crippen LogP contribution in [0.1, 0.15) is 19.3 Å². The molecule has 0 atom stereocenters. The highest BCUT2D eigenvalue weighted by molar-refractivity contribution is 7.99. The van der Waals surface area contributed by atoms with Gasteiger partial charge in [-0.3, -0.25) is 0 Å². The molecule has 0 unspecified atom stereocenters. The molecule has 0 saturated carbocycles. The molecule has 1 aliphatic heterocycles. The lowest BCUT2D eigenvalue weighted by atomic mass is 9.94. The zero-order valence-corrected chi connectivity index (χ0v) is 15.1. The summed E-state index contributed by atoms with van der Waals surface area (Å²) in [6.45, 7) is 4.91. The Kier molecular flexibility index (Phi) is 9.78. The molecule has 2 nitrogen and oxygen atoms in total. The molecule has 1 heterocycles. The van der Waals surface area contributed by atoms with E-state index in [4.69, 9.17) is 11.6 Å². The molecule has 1 fully saturated rings. The average Bonchev–Trinajstić information content (AvgIpc) is 2.48. The first kappa shape index (κ1) is 19.1. The van der Waals surface area contributed by atoms with Crippen LogP contribution in [0.5, 0.6) is 0 Å². The molecule has 0 aliphatic carbocycles. The molecule has 1 aliphatic rings. The lowest BCUT2D eigenvalue weighted by Crippen LogP contribution is -2.35. The molecular weight excluding hydrogens is 323 g/mol. The zero-order valence-electron chi connectivity index (χ0n) is 12.7. The van der Waals surface area contributed by atoms with Gasteiger partial charge in [-0.2, -0.15) is 0 Å². The number of nitrogens with one attached hydrogen (secondary N) is 1. The first-order valence-corrected chi connectivity index (χ1v) is 8.89. The maximum absolute atomic E-state index is 5.90. The minimum atomic E-state index is 0. The van der Waals surface area contributed by atoms with Gasteiger partial charge in [0.25, 0.3) is 0 Å². The molecule has 0 amide bonds. The minimum absolute atomic E-state index is 0. The van der Waals surface area contributed by atoms with Crippen LogP contribution in [0.25, 0.3) is 0 Å². The quantitative estimate of drug-likeness (QED) is 0.744. The molecule has 2 rings (SSSR count). The number of piperidine rings is 1. The summed E-state index contributed by atoms with van der Waals surface area (Å²) in [7, 11) is 2.04. The van der Waals surface area contributed by atoms with Gasteiger partial charge in [-0.05, 0) is 76.1 Å². The second-order valence-corrected chi connectivity index (χ2v) is 7.08. The van der Waals surface area contributed by atoms with E-state index in [0.29, 0.717) is 0 Å². The van der Waals surface area contributed by atoms with Crippen LogP contribution in [0.2, 0.25) is 5.02 Å². The number of rotatable bonds is 7. The van der Waals surface area contributed by atoms with E-state index in [0.717, 1.165) is 17.5 Å². The number of likely N-dealkylation sites (tertiary alicyclic amines) is 1. The van der Waals surface area contributed by atoms with Gasteiger partial charge in [-0.1, -0.05) is 11.6 Å². The van der Waals surface area contributed by atoms with Crippen LogP contribution < -0.4 is 5.32 Å². The number of hydrogen-bond donors (Lipinski definition) is 1. The summed E-state index contributed by atoms with van der Waals surface area (Å²) in [5.41, 5.74) is 0. The SMILES string of the molecule is CNCCC1CCN(CCSc2ccc(Cl)cc2)CC1.Cl. The Morgan fingerprint density at radius 1 is 1.24 bits per heavy atom. The molecule has 0 aromatic heterocycles. The summed E-state index contributed by atoms with van der Waals surface area (Å²) in [6, 6.07) is 8.16. The van der Waals surface area contributed by atoms with E-state index in [1.165, 1.54) is 49.5 Å². The third kappa shape index (κ3) is 7.25. The Hall–Kier alpha value is 0.0700. The fourth-order valence-electron chi connectivity index (χ4n) is 2.67. The summed E-state index contributed by atoms with van der Waals surface area (Å²) in [6.07, 6.45) is 4.07. The van der Waals surface area contributed by atoms with Gasteiger partial charge in [0.05, 0.1) is 0 Å². The van der Waals surface area contributed by atoms with Gasteiger partial charge < -0.3 is 10.2 Å². The van der Waals surface area contributed by atoms with E-state index in [-0.39, 0.29) is 12.4 Å². The smallest absolute Gasteiger partial charge is 0.0406 e. The van der Waals surface area contributed by atoms with E-state index >= 15 is 0 Å². The van der Waals surface area contributed by atoms with E-state index < -0.39 is 0 Å². The standard InChI is InChI=1S/C16H25ClN2S.ClH/c1-18-9-6-14-7-10-19(11-8-14)12-13-20-16-4-2-15(17)3-5-16;/h2-5,14,18H,6-13H2,1H3;1H. The molecule has 120 valence electrons. The first-order chi connectivity index (χ1) is 9.78. The van der Waals surface area contributed by atoms with Crippen molar-refractivity contribution < 1.29 is 0 Å². The van der Waals surface area contributed by atoms with Crippen molar-refractivity contribution >= 4 is 35.8 Å². The van der Waals surface area contributed by atoms with Gasteiger partial charge in [0, 0.05) is 22.2 Å². The maximum Gasteiger partial charge on any atom is 0.0406 e. The van der Waals surface area contributed by atoms with Crippen molar-refractivity contribution in [2.45, 2.75) is 24.2 Å². The van der Waals surface area contributed by atoms with E-state index in [1.807, 2.05) is 30.9 Å². The van der Waals surface area contributed by atoms with E-state index in [9.17, 15) is 0 Å². The summed E-state index contributed by atoms with van der Waals surface area (Å²) < 4.78 is 0. The van der Waals surface area contributed by atoms with Crippen molar-refractivity contribution in [3.05, 3.63) is 29.3 Å². The third-order valence-electron chi connectivity index (χ3n) is 4.00. The van der Waals surface area contributed by atoms with Crippen LogP contribution >= 0.6 is 35.8 Å². The molecule has 0 spiro atoms. The highest BCUT2D eigenvalue weighted by atomic mass is 35.5. The largest absolute Gasteiger partial charge is 0.320 e. The summed E-state index contributed by atoms with van der Waals surface area (Å²) in [5.74, 6) is 2.10. The molecule has 21 heavy (non-hydrogen) atoms.